The maximum absolute atomic E-state index is 11.5. The largest absolute Gasteiger partial charge is 0.385 e. The summed E-state index contributed by atoms with van der Waals surface area (Å²) in [6, 6.07) is 0.412. The van der Waals surface area contributed by atoms with Crippen LogP contribution in [0.2, 0.25) is 0 Å². The van der Waals surface area contributed by atoms with Gasteiger partial charge < -0.3 is 15.0 Å². The number of ether oxygens (including phenoxy) is 1. The second kappa shape index (κ2) is 5.19. The molecule has 1 aliphatic rings. The lowest BCUT2D eigenvalue weighted by atomic mass is 10.1. The van der Waals surface area contributed by atoms with E-state index in [0.717, 1.165) is 19.5 Å². The van der Waals surface area contributed by atoms with Crippen molar-refractivity contribution in [2.24, 2.45) is 0 Å². The van der Waals surface area contributed by atoms with Crippen molar-refractivity contribution >= 4 is 5.91 Å². The molecule has 0 atom stereocenters. The average molecular weight is 186 g/mol. The Hall–Kier alpha value is -0.610. The van der Waals surface area contributed by atoms with E-state index in [-0.39, 0.29) is 5.91 Å². The van der Waals surface area contributed by atoms with Crippen LogP contribution in [-0.4, -0.2) is 50.7 Å². The normalized spacial score (nSPS) is 16.8. The van der Waals surface area contributed by atoms with E-state index in [1.165, 1.54) is 0 Å². The molecule has 1 heterocycles. The van der Waals surface area contributed by atoms with E-state index in [9.17, 15) is 4.79 Å². The predicted molar refractivity (Wildman–Crippen MR) is 50.5 cm³/mol. The second-order valence-electron chi connectivity index (χ2n) is 3.41. The van der Waals surface area contributed by atoms with Crippen LogP contribution in [-0.2, 0) is 9.53 Å². The van der Waals surface area contributed by atoms with Crippen LogP contribution in [0.3, 0.4) is 0 Å². The average Bonchev–Trinajstić information content (AvgIpc) is 2.01. The number of likely N-dealkylation sites (N-methyl/N-ethyl adjacent to an activating group) is 1. The fourth-order valence-corrected chi connectivity index (χ4v) is 1.30. The monoisotopic (exact) mass is 186 g/mol. The molecule has 4 heteroatoms. The molecular formula is C9H18N2O2. The number of nitrogens with one attached hydrogen (secondary N) is 1. The lowest BCUT2D eigenvalue weighted by Crippen LogP contribution is -2.57. The minimum atomic E-state index is 0.226. The van der Waals surface area contributed by atoms with Gasteiger partial charge in [0.15, 0.2) is 0 Å². The molecule has 1 N–H and O–H groups in total. The van der Waals surface area contributed by atoms with Gasteiger partial charge in [-0.15, -0.1) is 0 Å². The summed E-state index contributed by atoms with van der Waals surface area (Å²) in [5.74, 6) is 0.226. The highest BCUT2D eigenvalue weighted by atomic mass is 16.5. The van der Waals surface area contributed by atoms with Crippen molar-refractivity contribution in [2.45, 2.75) is 18.9 Å². The lowest BCUT2D eigenvalue weighted by Gasteiger charge is -2.35. The number of nitrogens with zero attached hydrogens (tertiary/aromatic N) is 1. The van der Waals surface area contributed by atoms with Crippen LogP contribution in [0.25, 0.3) is 0 Å². The topological polar surface area (TPSA) is 41.6 Å². The molecule has 76 valence electrons. The zero-order valence-corrected chi connectivity index (χ0v) is 8.38. The van der Waals surface area contributed by atoms with Crippen LogP contribution in [0.5, 0.6) is 0 Å². The van der Waals surface area contributed by atoms with Crippen LogP contribution < -0.4 is 5.32 Å². The van der Waals surface area contributed by atoms with Crippen molar-refractivity contribution < 1.29 is 9.53 Å². The molecule has 1 aliphatic heterocycles. The SMILES string of the molecule is COCCCC(=O)N(C)C1CNC1. The van der Waals surface area contributed by atoms with Gasteiger partial charge in [0, 0.05) is 40.3 Å². The van der Waals surface area contributed by atoms with Crippen molar-refractivity contribution in [1.29, 1.82) is 0 Å². The van der Waals surface area contributed by atoms with Crippen molar-refractivity contribution in [3.8, 4) is 0 Å². The number of carbonyl (C=O) groups is 1. The summed E-state index contributed by atoms with van der Waals surface area (Å²) in [7, 11) is 3.53. The van der Waals surface area contributed by atoms with E-state index < -0.39 is 0 Å². The standard InChI is InChI=1S/C9H18N2O2/c1-11(8-6-10-7-8)9(12)4-3-5-13-2/h8,10H,3-7H2,1-2H3. The smallest absolute Gasteiger partial charge is 0.222 e. The number of amides is 1. The van der Waals surface area contributed by atoms with Gasteiger partial charge in [-0.1, -0.05) is 0 Å². The molecule has 0 spiro atoms. The van der Waals surface area contributed by atoms with Crippen LogP contribution in [0.15, 0.2) is 0 Å². The van der Waals surface area contributed by atoms with Gasteiger partial charge in [0.1, 0.15) is 0 Å². The van der Waals surface area contributed by atoms with Gasteiger partial charge in [-0.25, -0.2) is 0 Å². The van der Waals surface area contributed by atoms with Crippen molar-refractivity contribution in [2.75, 3.05) is 33.9 Å². The molecule has 0 aromatic heterocycles. The molecule has 4 nitrogen and oxygen atoms in total. The minimum Gasteiger partial charge on any atom is -0.385 e. The third kappa shape index (κ3) is 2.97. The first-order chi connectivity index (χ1) is 6.25. The van der Waals surface area contributed by atoms with Gasteiger partial charge in [0.05, 0.1) is 6.04 Å². The molecule has 0 aromatic rings. The summed E-state index contributed by atoms with van der Waals surface area (Å²) >= 11 is 0. The highest BCUT2D eigenvalue weighted by molar-refractivity contribution is 5.76. The highest BCUT2D eigenvalue weighted by Gasteiger charge is 2.24. The summed E-state index contributed by atoms with van der Waals surface area (Å²) in [4.78, 5) is 13.3. The quantitative estimate of drug-likeness (QED) is 0.607. The molecule has 0 bridgehead atoms. The molecule has 1 fully saturated rings. The Balaban J connectivity index is 2.13. The Bertz CT molecular complexity index is 169. The van der Waals surface area contributed by atoms with E-state index in [4.69, 9.17) is 4.74 Å². The number of carbonyl (C=O) groups excluding carboxylic acids is 1. The molecule has 1 amide bonds. The molecule has 0 aliphatic carbocycles. The van der Waals surface area contributed by atoms with E-state index in [0.29, 0.717) is 19.1 Å². The van der Waals surface area contributed by atoms with Crippen molar-refractivity contribution in [3.63, 3.8) is 0 Å². The fourth-order valence-electron chi connectivity index (χ4n) is 1.30. The Kier molecular flexibility index (Phi) is 4.18. The van der Waals surface area contributed by atoms with Gasteiger partial charge in [-0.3, -0.25) is 4.79 Å². The number of hydrogen-bond donors (Lipinski definition) is 1. The van der Waals surface area contributed by atoms with E-state index in [1.54, 1.807) is 7.11 Å². The summed E-state index contributed by atoms with van der Waals surface area (Å²) in [5.41, 5.74) is 0. The minimum absolute atomic E-state index is 0.226. The van der Waals surface area contributed by atoms with Gasteiger partial charge in [0.2, 0.25) is 5.91 Å². The zero-order valence-electron chi connectivity index (χ0n) is 8.38. The first-order valence-electron chi connectivity index (χ1n) is 4.71. The predicted octanol–water partition coefficient (Wildman–Crippen LogP) is -0.157. The first-order valence-corrected chi connectivity index (χ1v) is 4.71. The van der Waals surface area contributed by atoms with Crippen molar-refractivity contribution in [3.05, 3.63) is 0 Å². The summed E-state index contributed by atoms with van der Waals surface area (Å²) in [6.07, 6.45) is 1.42. The molecule has 0 radical (unpaired) electrons. The molecular weight excluding hydrogens is 168 g/mol. The number of hydrogen-bond acceptors (Lipinski definition) is 3. The highest BCUT2D eigenvalue weighted by Crippen LogP contribution is 2.05. The third-order valence-corrected chi connectivity index (χ3v) is 2.44. The maximum Gasteiger partial charge on any atom is 0.222 e. The lowest BCUT2D eigenvalue weighted by molar-refractivity contribution is -0.133. The van der Waals surface area contributed by atoms with Gasteiger partial charge >= 0.3 is 0 Å². The molecule has 0 saturated carbocycles. The first kappa shape index (κ1) is 10.5. The summed E-state index contributed by atoms with van der Waals surface area (Å²) in [5, 5.41) is 3.15. The Morgan fingerprint density at radius 1 is 1.62 bits per heavy atom. The molecule has 1 saturated heterocycles. The van der Waals surface area contributed by atoms with Gasteiger partial charge in [0.25, 0.3) is 0 Å². The zero-order chi connectivity index (χ0) is 9.68. The van der Waals surface area contributed by atoms with Gasteiger partial charge in [-0.05, 0) is 6.42 Å². The van der Waals surface area contributed by atoms with E-state index in [1.807, 2.05) is 11.9 Å². The molecule has 13 heavy (non-hydrogen) atoms. The third-order valence-electron chi connectivity index (χ3n) is 2.44. The van der Waals surface area contributed by atoms with Crippen LogP contribution >= 0.6 is 0 Å². The fraction of sp³-hybridized carbons (Fsp3) is 0.889. The Morgan fingerprint density at radius 3 is 2.77 bits per heavy atom. The summed E-state index contributed by atoms with van der Waals surface area (Å²) in [6.45, 7) is 2.54. The van der Waals surface area contributed by atoms with E-state index >= 15 is 0 Å². The maximum atomic E-state index is 11.5. The number of methoxy groups -OCH3 is 1. The molecule has 0 aromatic carbocycles. The molecule has 0 unspecified atom stereocenters. The molecule has 1 rings (SSSR count). The van der Waals surface area contributed by atoms with Crippen LogP contribution in [0.4, 0.5) is 0 Å². The Morgan fingerprint density at radius 2 is 2.31 bits per heavy atom. The second-order valence-corrected chi connectivity index (χ2v) is 3.41. The van der Waals surface area contributed by atoms with Crippen LogP contribution in [0.1, 0.15) is 12.8 Å². The van der Waals surface area contributed by atoms with Gasteiger partial charge in [-0.2, -0.15) is 0 Å². The summed E-state index contributed by atoms with van der Waals surface area (Å²) < 4.78 is 4.89. The number of rotatable bonds is 5. The van der Waals surface area contributed by atoms with E-state index in [2.05, 4.69) is 5.32 Å². The van der Waals surface area contributed by atoms with Crippen molar-refractivity contribution in [1.82, 2.24) is 10.2 Å². The Labute approximate surface area is 79.2 Å². The van der Waals surface area contributed by atoms with Crippen LogP contribution in [0, 0.1) is 0 Å².